The molecule has 8 nitrogen and oxygen atoms in total. The highest BCUT2D eigenvalue weighted by atomic mass is 16.6. The van der Waals surface area contributed by atoms with Crippen molar-refractivity contribution in [2.24, 2.45) is 0 Å². The minimum Gasteiger partial charge on any atom is -0.392 e. The Bertz CT molecular complexity index is 681. The Morgan fingerprint density at radius 3 is 2.90 bits per heavy atom. The van der Waals surface area contributed by atoms with E-state index in [0.29, 0.717) is 11.2 Å². The molecule has 0 aromatic carbocycles. The second-order valence-corrected chi connectivity index (χ2v) is 4.52. The molecule has 1 fully saturated rings. The van der Waals surface area contributed by atoms with Crippen LogP contribution in [0.5, 0.6) is 0 Å². The third-order valence-electron chi connectivity index (χ3n) is 3.42. The number of terminal acetylenes is 1. The summed E-state index contributed by atoms with van der Waals surface area (Å²) in [7, 11) is 0. The van der Waals surface area contributed by atoms with E-state index in [1.54, 1.807) is 0 Å². The molecule has 8 heteroatoms. The predicted molar refractivity (Wildman–Crippen MR) is 66.1 cm³/mol. The zero-order chi connectivity index (χ0) is 14.3. The number of nitrogens with zero attached hydrogens (tertiary/aromatic N) is 4. The number of aromatic nitrogens is 4. The minimum absolute atomic E-state index is 0.432. The number of rotatable bonds is 2. The Morgan fingerprint density at radius 2 is 2.25 bits per heavy atom. The van der Waals surface area contributed by atoms with Crippen molar-refractivity contribution in [1.82, 2.24) is 19.5 Å². The van der Waals surface area contributed by atoms with E-state index in [0.717, 1.165) is 0 Å². The van der Waals surface area contributed by atoms with Gasteiger partial charge in [0.2, 0.25) is 0 Å². The van der Waals surface area contributed by atoms with E-state index >= 15 is 0 Å². The van der Waals surface area contributed by atoms with E-state index in [-0.39, 0.29) is 0 Å². The summed E-state index contributed by atoms with van der Waals surface area (Å²) in [6.07, 6.45) is 5.83. The summed E-state index contributed by atoms with van der Waals surface area (Å²) < 4.78 is 6.94. The summed E-state index contributed by atoms with van der Waals surface area (Å²) >= 11 is 0. The van der Waals surface area contributed by atoms with E-state index in [1.165, 1.54) is 23.4 Å². The van der Waals surface area contributed by atoms with Crippen molar-refractivity contribution < 1.29 is 20.1 Å². The van der Waals surface area contributed by atoms with Gasteiger partial charge in [0.05, 0.1) is 19.1 Å². The van der Waals surface area contributed by atoms with Crippen LogP contribution < -0.4 is 0 Å². The van der Waals surface area contributed by atoms with Gasteiger partial charge in [0.15, 0.2) is 17.5 Å². The second-order valence-electron chi connectivity index (χ2n) is 4.52. The first kappa shape index (κ1) is 13.0. The fraction of sp³-hybridized carbons (Fsp3) is 0.417. The Balaban J connectivity index is 2.06. The van der Waals surface area contributed by atoms with Gasteiger partial charge in [-0.25, -0.2) is 15.0 Å². The smallest absolute Gasteiger partial charge is 0.182 e. The molecule has 2 aromatic rings. The second kappa shape index (κ2) is 4.50. The lowest BCUT2D eigenvalue weighted by molar-refractivity contribution is -0.0911. The molecule has 0 unspecified atom stereocenters. The monoisotopic (exact) mass is 276 g/mol. The van der Waals surface area contributed by atoms with Crippen molar-refractivity contribution in [3.05, 3.63) is 18.9 Å². The highest BCUT2D eigenvalue weighted by Crippen LogP contribution is 2.37. The van der Waals surface area contributed by atoms with Gasteiger partial charge >= 0.3 is 0 Å². The van der Waals surface area contributed by atoms with Crippen LogP contribution in [-0.4, -0.2) is 59.3 Å². The van der Waals surface area contributed by atoms with E-state index in [9.17, 15) is 15.3 Å². The Kier molecular flexibility index (Phi) is 2.92. The van der Waals surface area contributed by atoms with Gasteiger partial charge in [-0.2, -0.15) is 0 Å². The summed E-state index contributed by atoms with van der Waals surface area (Å²) in [5, 5.41) is 29.5. The van der Waals surface area contributed by atoms with E-state index < -0.39 is 30.6 Å². The molecule has 1 aliphatic rings. The first-order chi connectivity index (χ1) is 9.63. The molecule has 3 N–H and O–H groups in total. The molecule has 0 aliphatic carbocycles. The molecule has 0 bridgehead atoms. The zero-order valence-electron chi connectivity index (χ0n) is 10.3. The standard InChI is InChI=1S/C12H12N4O4/c1-2-12(4-17)9(19)8(18)11(20-12)16-6-15-7-3-13-5-14-10(7)16/h1,3,5-6,8-9,11,17-19H,4H2/t8-,9-,11+,12+/m0/s1. The van der Waals surface area contributed by atoms with Gasteiger partial charge in [0.25, 0.3) is 0 Å². The summed E-state index contributed by atoms with van der Waals surface area (Å²) in [5.74, 6) is 2.20. The van der Waals surface area contributed by atoms with Crippen LogP contribution in [0.1, 0.15) is 6.23 Å². The SMILES string of the molecule is C#C[C@]1(CO)O[C@@H](n2cnc3cncnc32)[C@@H](O)[C@@H]1O. The minimum atomic E-state index is -1.65. The normalized spacial score (nSPS) is 33.4. The number of aliphatic hydroxyl groups is 3. The number of hydrogen-bond donors (Lipinski definition) is 3. The first-order valence-corrected chi connectivity index (χ1v) is 5.88. The van der Waals surface area contributed by atoms with Crippen LogP contribution in [0.3, 0.4) is 0 Å². The summed E-state index contributed by atoms with van der Waals surface area (Å²) in [6, 6.07) is 0. The van der Waals surface area contributed by atoms with Gasteiger partial charge in [-0.05, 0) is 0 Å². The largest absolute Gasteiger partial charge is 0.392 e. The van der Waals surface area contributed by atoms with Crippen molar-refractivity contribution in [2.45, 2.75) is 24.0 Å². The Hall–Kier alpha value is -2.05. The third-order valence-corrected chi connectivity index (χ3v) is 3.42. The van der Waals surface area contributed by atoms with Gasteiger partial charge in [-0.1, -0.05) is 5.92 Å². The van der Waals surface area contributed by atoms with Gasteiger partial charge in [0, 0.05) is 0 Å². The molecule has 20 heavy (non-hydrogen) atoms. The lowest BCUT2D eigenvalue weighted by atomic mass is 9.97. The van der Waals surface area contributed by atoms with Gasteiger partial charge < -0.3 is 20.1 Å². The summed E-state index contributed by atoms with van der Waals surface area (Å²) in [4.78, 5) is 12.0. The number of aliphatic hydroxyl groups excluding tert-OH is 3. The van der Waals surface area contributed by atoms with E-state index in [1.807, 2.05) is 0 Å². The third kappa shape index (κ3) is 1.62. The quantitative estimate of drug-likeness (QED) is 0.568. The van der Waals surface area contributed by atoms with Gasteiger partial charge in [0.1, 0.15) is 24.1 Å². The van der Waals surface area contributed by atoms with Crippen molar-refractivity contribution >= 4 is 11.2 Å². The van der Waals surface area contributed by atoms with Crippen LogP contribution >= 0.6 is 0 Å². The highest BCUT2D eigenvalue weighted by Gasteiger charge is 2.54. The van der Waals surface area contributed by atoms with Crippen molar-refractivity contribution in [1.29, 1.82) is 0 Å². The maximum absolute atomic E-state index is 10.1. The Labute approximate surface area is 113 Å². The molecule has 4 atom stereocenters. The van der Waals surface area contributed by atoms with Crippen LogP contribution in [0, 0.1) is 12.3 Å². The fourth-order valence-corrected chi connectivity index (χ4v) is 2.27. The lowest BCUT2D eigenvalue weighted by Gasteiger charge is -2.23. The Morgan fingerprint density at radius 1 is 1.45 bits per heavy atom. The molecule has 0 saturated carbocycles. The molecule has 3 heterocycles. The lowest BCUT2D eigenvalue weighted by Crippen LogP contribution is -2.44. The van der Waals surface area contributed by atoms with Crippen molar-refractivity contribution in [2.75, 3.05) is 6.61 Å². The van der Waals surface area contributed by atoms with Crippen LogP contribution in [0.4, 0.5) is 0 Å². The first-order valence-electron chi connectivity index (χ1n) is 5.88. The fourth-order valence-electron chi connectivity index (χ4n) is 2.27. The van der Waals surface area contributed by atoms with E-state index in [2.05, 4.69) is 20.9 Å². The maximum atomic E-state index is 10.1. The molecule has 0 spiro atoms. The number of imidazole rings is 1. The average Bonchev–Trinajstić information content (AvgIpc) is 3.01. The summed E-state index contributed by atoms with van der Waals surface area (Å²) in [5.41, 5.74) is -0.699. The summed E-state index contributed by atoms with van der Waals surface area (Å²) in [6.45, 7) is -0.611. The van der Waals surface area contributed by atoms with Crippen molar-refractivity contribution in [3.63, 3.8) is 0 Å². The molecule has 3 rings (SSSR count). The van der Waals surface area contributed by atoms with Crippen LogP contribution in [0.15, 0.2) is 18.9 Å². The van der Waals surface area contributed by atoms with Crippen LogP contribution in [0.25, 0.3) is 11.2 Å². The molecule has 104 valence electrons. The molecule has 2 aromatic heterocycles. The van der Waals surface area contributed by atoms with Crippen LogP contribution in [0.2, 0.25) is 0 Å². The molecular weight excluding hydrogens is 264 g/mol. The molecular formula is C12H12N4O4. The number of fused-ring (bicyclic) bond motifs is 1. The molecule has 1 saturated heterocycles. The highest BCUT2D eigenvalue weighted by molar-refractivity contribution is 5.69. The topological polar surface area (TPSA) is 114 Å². The molecule has 1 aliphatic heterocycles. The average molecular weight is 276 g/mol. The van der Waals surface area contributed by atoms with E-state index in [4.69, 9.17) is 11.2 Å². The number of hydrogen-bond acceptors (Lipinski definition) is 7. The zero-order valence-corrected chi connectivity index (χ0v) is 10.3. The predicted octanol–water partition coefficient (Wildman–Crippen LogP) is -1.56. The molecule has 0 amide bonds. The van der Waals surface area contributed by atoms with Gasteiger partial charge in [-0.15, -0.1) is 6.42 Å². The van der Waals surface area contributed by atoms with Crippen LogP contribution in [-0.2, 0) is 4.74 Å². The van der Waals surface area contributed by atoms with Gasteiger partial charge in [-0.3, -0.25) is 4.57 Å². The van der Waals surface area contributed by atoms with Crippen molar-refractivity contribution in [3.8, 4) is 12.3 Å². The number of ether oxygens (including phenoxy) is 1. The molecule has 0 radical (unpaired) electrons. The maximum Gasteiger partial charge on any atom is 0.182 e.